The van der Waals surface area contributed by atoms with Crippen LogP contribution in [0.2, 0.25) is 0 Å². The van der Waals surface area contributed by atoms with E-state index in [1.807, 2.05) is 19.1 Å². The van der Waals surface area contributed by atoms with Gasteiger partial charge in [-0.25, -0.2) is 9.37 Å². The normalized spacial score (nSPS) is 23.5. The molecule has 1 N–H and O–H groups in total. The second-order valence-corrected chi connectivity index (χ2v) is 8.51. The lowest BCUT2D eigenvalue weighted by Gasteiger charge is -2.39. The maximum absolute atomic E-state index is 13.5. The molecule has 0 radical (unpaired) electrons. The Labute approximate surface area is 190 Å². The highest BCUT2D eigenvalue weighted by Crippen LogP contribution is 2.36. The number of H-pyrrole nitrogens is 1. The summed E-state index contributed by atoms with van der Waals surface area (Å²) in [5.41, 5.74) is 2.28. The van der Waals surface area contributed by atoms with Crippen molar-refractivity contribution in [3.05, 3.63) is 60.4 Å². The van der Waals surface area contributed by atoms with Gasteiger partial charge < -0.3 is 24.1 Å². The van der Waals surface area contributed by atoms with E-state index in [0.717, 1.165) is 16.8 Å². The zero-order valence-corrected chi connectivity index (χ0v) is 18.3. The number of rotatable bonds is 4. The minimum Gasteiger partial charge on any atom is -0.378 e. The van der Waals surface area contributed by atoms with Crippen LogP contribution in [0.5, 0.6) is 0 Å². The topological polar surface area (TPSA) is 89.6 Å². The van der Waals surface area contributed by atoms with E-state index in [0.29, 0.717) is 37.8 Å². The third-order valence-electron chi connectivity index (χ3n) is 5.95. The Balaban J connectivity index is 1.39. The summed E-state index contributed by atoms with van der Waals surface area (Å²) in [6.45, 7) is 4.52. The highest BCUT2D eigenvalue weighted by atomic mass is 19.1. The lowest BCUT2D eigenvalue weighted by molar-refractivity contribution is -0.235. The molecule has 1 aromatic carbocycles. The zero-order valence-electron chi connectivity index (χ0n) is 18.3. The van der Waals surface area contributed by atoms with Crippen molar-refractivity contribution in [3.63, 3.8) is 0 Å². The summed E-state index contributed by atoms with van der Waals surface area (Å²) < 4.78 is 30.8. The SMILES string of the molecule is C[C@]1(C(=O)N2CCOCC2)CO[C@@H](c2nc(-c3ccc(F)cc3)c(-c3ccncc3)[nH]2)OC1. The zero-order chi connectivity index (χ0) is 22.8. The first-order valence-electron chi connectivity index (χ1n) is 10.9. The van der Waals surface area contributed by atoms with Crippen LogP contribution in [0.3, 0.4) is 0 Å². The van der Waals surface area contributed by atoms with Crippen molar-refractivity contribution in [2.75, 3.05) is 39.5 Å². The van der Waals surface area contributed by atoms with Gasteiger partial charge in [0.2, 0.25) is 12.2 Å². The molecule has 3 aromatic rings. The van der Waals surface area contributed by atoms with E-state index >= 15 is 0 Å². The van der Waals surface area contributed by atoms with E-state index < -0.39 is 11.7 Å². The summed E-state index contributed by atoms with van der Waals surface area (Å²) in [5.74, 6) is 0.179. The quantitative estimate of drug-likeness (QED) is 0.654. The molecular weight excluding hydrogens is 427 g/mol. The van der Waals surface area contributed by atoms with Crippen LogP contribution in [0.15, 0.2) is 48.8 Å². The van der Waals surface area contributed by atoms with Gasteiger partial charge in [0.05, 0.1) is 43.2 Å². The maximum atomic E-state index is 13.5. The number of hydrogen-bond acceptors (Lipinski definition) is 6. The van der Waals surface area contributed by atoms with Crippen LogP contribution in [-0.4, -0.2) is 65.3 Å². The van der Waals surface area contributed by atoms with Gasteiger partial charge in [0.25, 0.3) is 0 Å². The van der Waals surface area contributed by atoms with E-state index in [1.54, 1.807) is 29.4 Å². The van der Waals surface area contributed by atoms with Crippen LogP contribution in [-0.2, 0) is 19.0 Å². The van der Waals surface area contributed by atoms with Crippen LogP contribution in [0.4, 0.5) is 4.39 Å². The number of nitrogens with zero attached hydrogens (tertiary/aromatic N) is 3. The predicted molar refractivity (Wildman–Crippen MR) is 117 cm³/mol. The fourth-order valence-corrected chi connectivity index (χ4v) is 4.09. The number of nitrogens with one attached hydrogen (secondary N) is 1. The fourth-order valence-electron chi connectivity index (χ4n) is 4.09. The van der Waals surface area contributed by atoms with Gasteiger partial charge in [-0.3, -0.25) is 9.78 Å². The molecule has 2 aliphatic heterocycles. The van der Waals surface area contributed by atoms with Gasteiger partial charge in [-0.2, -0.15) is 0 Å². The van der Waals surface area contributed by atoms with Crippen molar-refractivity contribution in [2.45, 2.75) is 13.2 Å². The molecule has 2 aliphatic rings. The number of hydrogen-bond donors (Lipinski definition) is 1. The van der Waals surface area contributed by atoms with Crippen molar-refractivity contribution in [1.82, 2.24) is 19.9 Å². The first kappa shape index (κ1) is 21.7. The van der Waals surface area contributed by atoms with Crippen molar-refractivity contribution < 1.29 is 23.4 Å². The van der Waals surface area contributed by atoms with Gasteiger partial charge in [-0.05, 0) is 43.3 Å². The largest absolute Gasteiger partial charge is 0.378 e. The molecule has 0 saturated carbocycles. The second kappa shape index (κ2) is 9.01. The van der Waals surface area contributed by atoms with Crippen molar-refractivity contribution >= 4 is 5.91 Å². The number of carbonyl (C=O) groups excluding carboxylic acids is 1. The molecule has 0 bridgehead atoms. The molecule has 172 valence electrons. The van der Waals surface area contributed by atoms with E-state index in [1.165, 1.54) is 12.1 Å². The Bertz CT molecular complexity index is 1110. The first-order valence-corrected chi connectivity index (χ1v) is 10.9. The average molecular weight is 452 g/mol. The van der Waals surface area contributed by atoms with Crippen molar-refractivity contribution in [1.29, 1.82) is 0 Å². The van der Waals surface area contributed by atoms with Gasteiger partial charge >= 0.3 is 0 Å². The molecule has 0 spiro atoms. The number of aromatic amines is 1. The average Bonchev–Trinajstić information content (AvgIpc) is 3.31. The molecule has 5 rings (SSSR count). The first-order chi connectivity index (χ1) is 16.0. The van der Waals surface area contributed by atoms with Crippen LogP contribution < -0.4 is 0 Å². The Morgan fingerprint density at radius 3 is 2.39 bits per heavy atom. The third-order valence-corrected chi connectivity index (χ3v) is 5.95. The lowest BCUT2D eigenvalue weighted by atomic mass is 9.90. The number of benzene rings is 1. The molecule has 4 heterocycles. The van der Waals surface area contributed by atoms with Crippen LogP contribution in [0, 0.1) is 11.2 Å². The minimum absolute atomic E-state index is 0.00757. The molecule has 0 aliphatic carbocycles. The Kier molecular flexibility index (Phi) is 5.92. The summed E-state index contributed by atoms with van der Waals surface area (Å²) in [6.07, 6.45) is 2.64. The molecule has 33 heavy (non-hydrogen) atoms. The molecule has 8 nitrogen and oxygen atoms in total. The van der Waals surface area contributed by atoms with E-state index in [9.17, 15) is 9.18 Å². The summed E-state index contributed by atoms with van der Waals surface area (Å²) in [4.78, 5) is 26.9. The number of imidazole rings is 1. The molecule has 2 aromatic heterocycles. The predicted octanol–water partition coefficient (Wildman–Crippen LogP) is 3.19. The van der Waals surface area contributed by atoms with Crippen LogP contribution in [0.25, 0.3) is 22.5 Å². The summed E-state index contributed by atoms with van der Waals surface area (Å²) in [6, 6.07) is 9.89. The van der Waals surface area contributed by atoms with Crippen LogP contribution in [0.1, 0.15) is 19.0 Å². The summed E-state index contributed by atoms with van der Waals surface area (Å²) in [7, 11) is 0. The molecule has 2 fully saturated rings. The van der Waals surface area contributed by atoms with Crippen molar-refractivity contribution in [2.24, 2.45) is 5.41 Å². The molecule has 9 heteroatoms. The number of amides is 1. The molecule has 2 saturated heterocycles. The number of halogens is 1. The van der Waals surface area contributed by atoms with Crippen LogP contribution >= 0.6 is 0 Å². The van der Waals surface area contributed by atoms with E-state index in [-0.39, 0.29) is 24.9 Å². The fraction of sp³-hybridized carbons (Fsp3) is 0.375. The molecular formula is C24H25FN4O4. The van der Waals surface area contributed by atoms with Gasteiger partial charge in [-0.15, -0.1) is 0 Å². The van der Waals surface area contributed by atoms with Gasteiger partial charge in [0.15, 0.2) is 5.82 Å². The number of morpholine rings is 1. The van der Waals surface area contributed by atoms with E-state index in [4.69, 9.17) is 19.2 Å². The highest BCUT2D eigenvalue weighted by molar-refractivity contribution is 5.83. The number of ether oxygens (including phenoxy) is 3. The Hall–Kier alpha value is -3.14. The Morgan fingerprint density at radius 2 is 1.73 bits per heavy atom. The van der Waals surface area contributed by atoms with Gasteiger partial charge in [0.1, 0.15) is 5.82 Å². The minimum atomic E-state index is -0.770. The maximum Gasteiger partial charge on any atom is 0.233 e. The smallest absolute Gasteiger partial charge is 0.233 e. The summed E-state index contributed by atoms with van der Waals surface area (Å²) in [5, 5.41) is 0. The number of aromatic nitrogens is 3. The number of carbonyl (C=O) groups is 1. The standard InChI is InChI=1S/C24H25FN4O4/c1-24(23(30)29-10-12-31-13-11-29)14-32-22(33-15-24)21-27-19(16-2-4-18(25)5-3-16)20(28-21)17-6-8-26-9-7-17/h2-9,22H,10-15H2,1H3,(H,27,28)/t22-,24+. The highest BCUT2D eigenvalue weighted by Gasteiger charge is 2.43. The van der Waals surface area contributed by atoms with E-state index in [2.05, 4.69) is 9.97 Å². The van der Waals surface area contributed by atoms with Gasteiger partial charge in [-0.1, -0.05) is 0 Å². The monoisotopic (exact) mass is 452 g/mol. The molecule has 0 unspecified atom stereocenters. The molecule has 0 atom stereocenters. The second-order valence-electron chi connectivity index (χ2n) is 8.51. The third kappa shape index (κ3) is 4.39. The summed E-state index contributed by atoms with van der Waals surface area (Å²) >= 11 is 0. The van der Waals surface area contributed by atoms with Gasteiger partial charge in [0, 0.05) is 36.6 Å². The Morgan fingerprint density at radius 1 is 1.06 bits per heavy atom. The van der Waals surface area contributed by atoms with Crippen molar-refractivity contribution in [3.8, 4) is 22.5 Å². The molecule has 1 amide bonds. The number of pyridine rings is 1. The lowest BCUT2D eigenvalue weighted by Crippen LogP contribution is -2.53.